The first-order valence-electron chi connectivity index (χ1n) is 11.5. The maximum atomic E-state index is 13.5. The van der Waals surface area contributed by atoms with Crippen LogP contribution in [0.15, 0.2) is 6.07 Å². The summed E-state index contributed by atoms with van der Waals surface area (Å²) in [6, 6.07) is 1.81. The van der Waals surface area contributed by atoms with Gasteiger partial charge in [0.15, 0.2) is 0 Å². The summed E-state index contributed by atoms with van der Waals surface area (Å²) in [5.74, 6) is 0.209. The predicted octanol–water partition coefficient (Wildman–Crippen LogP) is 3.09. The molecule has 9 heteroatoms. The van der Waals surface area contributed by atoms with Crippen molar-refractivity contribution in [2.24, 2.45) is 23.8 Å². The van der Waals surface area contributed by atoms with E-state index in [0.29, 0.717) is 25.1 Å². The van der Waals surface area contributed by atoms with Crippen LogP contribution in [0.5, 0.6) is 0 Å². The van der Waals surface area contributed by atoms with Crippen LogP contribution in [0.1, 0.15) is 72.9 Å². The molecule has 2 aliphatic rings. The zero-order valence-electron chi connectivity index (χ0n) is 20.5. The van der Waals surface area contributed by atoms with Crippen LogP contribution in [0.3, 0.4) is 0 Å². The molecule has 180 valence electrons. The van der Waals surface area contributed by atoms with E-state index in [1.807, 2.05) is 47.6 Å². The van der Waals surface area contributed by atoms with E-state index >= 15 is 0 Å². The number of aromatic nitrogens is 2. The van der Waals surface area contributed by atoms with E-state index in [1.54, 1.807) is 11.7 Å². The molecule has 0 saturated heterocycles. The lowest BCUT2D eigenvalue weighted by atomic mass is 9.70. The molecule has 1 heterocycles. The number of Topliss-reactive ketones (excluding diaryl/α,β-unsaturated/α-hetero) is 1. The molecular formula is C23H38N4O4S. The molecule has 2 aliphatic carbocycles. The van der Waals surface area contributed by atoms with E-state index in [1.165, 1.54) is 4.31 Å². The Morgan fingerprint density at radius 1 is 1.34 bits per heavy atom. The van der Waals surface area contributed by atoms with Crippen LogP contribution >= 0.6 is 0 Å². The summed E-state index contributed by atoms with van der Waals surface area (Å²) in [7, 11) is -2.06. The largest absolute Gasteiger partial charge is 0.310 e. The molecule has 32 heavy (non-hydrogen) atoms. The van der Waals surface area contributed by atoms with E-state index in [0.717, 1.165) is 12.1 Å². The van der Waals surface area contributed by atoms with Gasteiger partial charge in [0.1, 0.15) is 11.6 Å². The van der Waals surface area contributed by atoms with Gasteiger partial charge >= 0.3 is 0 Å². The van der Waals surface area contributed by atoms with Crippen LogP contribution in [-0.2, 0) is 32.1 Å². The number of nitrogens with zero attached hydrogens (tertiary/aromatic N) is 3. The second kappa shape index (κ2) is 8.24. The fourth-order valence-electron chi connectivity index (χ4n) is 5.37. The van der Waals surface area contributed by atoms with Gasteiger partial charge < -0.3 is 5.32 Å². The molecule has 0 radical (unpaired) electrons. The molecule has 8 nitrogen and oxygen atoms in total. The van der Waals surface area contributed by atoms with Gasteiger partial charge in [-0.25, -0.2) is 8.42 Å². The average molecular weight is 467 g/mol. The molecular weight excluding hydrogens is 428 g/mol. The zero-order valence-corrected chi connectivity index (χ0v) is 21.3. The standard InChI is InChI=1S/C23H38N4O4S/c1-8-11-27(14-20(29)24-19-13-17(21(2,3)4)25-26(19)7)32(30,31)15-23-10-9-16(12-18(23)28)22(23,5)6/h13,16H,8-12,14-15H2,1-7H3,(H,24,29). The highest BCUT2D eigenvalue weighted by molar-refractivity contribution is 7.89. The van der Waals surface area contributed by atoms with Crippen molar-refractivity contribution in [3.8, 4) is 0 Å². The number of anilines is 1. The molecule has 1 amide bonds. The molecule has 0 aromatic carbocycles. The Labute approximate surface area is 192 Å². The van der Waals surface area contributed by atoms with E-state index in [4.69, 9.17) is 0 Å². The Bertz CT molecular complexity index is 1010. The first-order chi connectivity index (χ1) is 14.6. The van der Waals surface area contributed by atoms with Crippen molar-refractivity contribution in [3.63, 3.8) is 0 Å². The Morgan fingerprint density at radius 2 is 2.00 bits per heavy atom. The average Bonchev–Trinajstić information content (AvgIpc) is 3.19. The Morgan fingerprint density at radius 3 is 2.47 bits per heavy atom. The number of nitrogens with one attached hydrogen (secondary N) is 1. The van der Waals surface area contributed by atoms with Gasteiger partial charge in [0.25, 0.3) is 0 Å². The minimum Gasteiger partial charge on any atom is -0.310 e. The fourth-order valence-corrected chi connectivity index (χ4v) is 7.63. The summed E-state index contributed by atoms with van der Waals surface area (Å²) >= 11 is 0. The molecule has 2 saturated carbocycles. The maximum Gasteiger partial charge on any atom is 0.240 e. The molecule has 0 spiro atoms. The summed E-state index contributed by atoms with van der Waals surface area (Å²) in [5.41, 5.74) is -0.514. The van der Waals surface area contributed by atoms with Gasteiger partial charge in [-0.05, 0) is 30.6 Å². The van der Waals surface area contributed by atoms with Crippen molar-refractivity contribution >= 4 is 27.5 Å². The van der Waals surface area contributed by atoms with Gasteiger partial charge in [0, 0.05) is 36.9 Å². The molecule has 2 atom stereocenters. The smallest absolute Gasteiger partial charge is 0.240 e. The molecule has 2 fully saturated rings. The van der Waals surface area contributed by atoms with E-state index in [9.17, 15) is 18.0 Å². The third-order valence-corrected chi connectivity index (χ3v) is 9.63. The summed E-state index contributed by atoms with van der Waals surface area (Å²) < 4.78 is 29.8. The van der Waals surface area contributed by atoms with Gasteiger partial charge in [-0.2, -0.15) is 9.40 Å². The molecule has 1 N–H and O–H groups in total. The Balaban J connectivity index is 1.77. The van der Waals surface area contributed by atoms with Crippen LogP contribution in [0.2, 0.25) is 0 Å². The Hall–Kier alpha value is -1.74. The van der Waals surface area contributed by atoms with Gasteiger partial charge in [-0.3, -0.25) is 14.3 Å². The first kappa shape index (κ1) is 24.9. The number of ketones is 1. The van der Waals surface area contributed by atoms with Crippen molar-refractivity contribution in [1.29, 1.82) is 0 Å². The van der Waals surface area contributed by atoms with Gasteiger partial charge in [-0.1, -0.05) is 41.5 Å². The number of carbonyl (C=O) groups is 2. The Kier molecular flexibility index (Phi) is 6.41. The van der Waals surface area contributed by atoms with Crippen molar-refractivity contribution in [2.75, 3.05) is 24.2 Å². The monoisotopic (exact) mass is 466 g/mol. The van der Waals surface area contributed by atoms with E-state index < -0.39 is 21.3 Å². The van der Waals surface area contributed by atoms with Crippen LogP contribution in [0.4, 0.5) is 5.82 Å². The fraction of sp³-hybridized carbons (Fsp3) is 0.783. The topological polar surface area (TPSA) is 101 Å². The third-order valence-electron chi connectivity index (χ3n) is 7.67. The molecule has 3 rings (SSSR count). The molecule has 0 aliphatic heterocycles. The van der Waals surface area contributed by atoms with Crippen LogP contribution in [0.25, 0.3) is 0 Å². The number of carbonyl (C=O) groups excluding carboxylic acids is 2. The van der Waals surface area contributed by atoms with E-state index in [2.05, 4.69) is 10.4 Å². The zero-order chi connectivity index (χ0) is 24.1. The predicted molar refractivity (Wildman–Crippen MR) is 125 cm³/mol. The minimum atomic E-state index is -3.80. The lowest BCUT2D eigenvalue weighted by Crippen LogP contribution is -2.48. The van der Waals surface area contributed by atoms with Crippen LogP contribution in [0, 0.1) is 16.7 Å². The summed E-state index contributed by atoms with van der Waals surface area (Å²) in [4.78, 5) is 25.7. The summed E-state index contributed by atoms with van der Waals surface area (Å²) in [6.07, 6.45) is 2.55. The SMILES string of the molecule is CCCN(CC(=O)Nc1cc(C(C)(C)C)nn1C)S(=O)(=O)CC12CCC(CC1=O)C2(C)C. The number of hydrogen-bond acceptors (Lipinski definition) is 5. The molecule has 2 bridgehead atoms. The number of fused-ring (bicyclic) bond motifs is 2. The van der Waals surface area contributed by atoms with Crippen molar-refractivity contribution < 1.29 is 18.0 Å². The second-order valence-electron chi connectivity index (χ2n) is 11.1. The molecule has 1 aromatic rings. The second-order valence-corrected chi connectivity index (χ2v) is 13.1. The van der Waals surface area contributed by atoms with Crippen LogP contribution < -0.4 is 5.32 Å². The normalized spacial score (nSPS) is 25.0. The van der Waals surface area contributed by atoms with Crippen molar-refractivity contribution in [3.05, 3.63) is 11.8 Å². The number of amides is 1. The molecule has 1 aromatic heterocycles. The lowest BCUT2D eigenvalue weighted by molar-refractivity contribution is -0.128. The molecule has 2 unspecified atom stereocenters. The summed E-state index contributed by atoms with van der Waals surface area (Å²) in [5, 5.41) is 7.25. The van der Waals surface area contributed by atoms with Crippen molar-refractivity contribution in [1.82, 2.24) is 14.1 Å². The van der Waals surface area contributed by atoms with Crippen molar-refractivity contribution in [2.45, 2.75) is 72.6 Å². The van der Waals surface area contributed by atoms with Gasteiger partial charge in [-0.15, -0.1) is 0 Å². The van der Waals surface area contributed by atoms with E-state index in [-0.39, 0.29) is 41.4 Å². The first-order valence-corrected chi connectivity index (χ1v) is 13.1. The highest BCUT2D eigenvalue weighted by Gasteiger charge is 2.65. The summed E-state index contributed by atoms with van der Waals surface area (Å²) in [6.45, 7) is 12.0. The maximum absolute atomic E-state index is 13.5. The van der Waals surface area contributed by atoms with Crippen LogP contribution in [-0.4, -0.2) is 53.0 Å². The quantitative estimate of drug-likeness (QED) is 0.634. The number of aryl methyl sites for hydroxylation is 1. The number of hydrogen-bond donors (Lipinski definition) is 1. The van der Waals surface area contributed by atoms with Gasteiger partial charge in [0.05, 0.1) is 18.0 Å². The third kappa shape index (κ3) is 4.25. The lowest BCUT2D eigenvalue weighted by Gasteiger charge is -2.37. The number of sulfonamides is 1. The minimum absolute atomic E-state index is 0.0628. The highest BCUT2D eigenvalue weighted by Crippen LogP contribution is 2.64. The highest BCUT2D eigenvalue weighted by atomic mass is 32.2. The number of rotatable bonds is 8. The van der Waals surface area contributed by atoms with Gasteiger partial charge in [0.2, 0.25) is 15.9 Å².